The normalized spacial score (nSPS) is 11.8. The lowest BCUT2D eigenvalue weighted by atomic mass is 10.1. The van der Waals surface area contributed by atoms with Crippen molar-refractivity contribution in [1.29, 1.82) is 0 Å². The van der Waals surface area contributed by atoms with Gasteiger partial charge in [0.2, 0.25) is 0 Å². The lowest BCUT2D eigenvalue weighted by Crippen LogP contribution is -2.42. The number of hydrogen-bond acceptors (Lipinski definition) is 9. The smallest absolute Gasteiger partial charge is 0.463 e. The van der Waals surface area contributed by atoms with E-state index >= 15 is 0 Å². The first-order valence-electron chi connectivity index (χ1n) is 14.8. The average molecular weight is 567 g/mol. The second kappa shape index (κ2) is 29.4. The summed E-state index contributed by atoms with van der Waals surface area (Å²) in [6, 6.07) is 0.672. The summed E-state index contributed by atoms with van der Waals surface area (Å²) in [6.07, 6.45) is 15.2. The molecule has 0 fully saturated rings. The minimum atomic E-state index is -2.56. The third-order valence-electron chi connectivity index (χ3n) is 6.30. The highest BCUT2D eigenvalue weighted by Crippen LogP contribution is 2.17. The van der Waals surface area contributed by atoms with E-state index in [2.05, 4.69) is 6.92 Å². The van der Waals surface area contributed by atoms with Crippen molar-refractivity contribution in [3.8, 4) is 0 Å². The van der Waals surface area contributed by atoms with Gasteiger partial charge in [-0.15, -0.1) is 0 Å². The van der Waals surface area contributed by atoms with Crippen LogP contribution < -0.4 is 0 Å². The van der Waals surface area contributed by atoms with Crippen LogP contribution in [0.3, 0.4) is 0 Å². The fourth-order valence-electron chi connectivity index (χ4n) is 3.91. The molecule has 0 aromatic rings. The van der Waals surface area contributed by atoms with Gasteiger partial charge in [0.1, 0.15) is 6.61 Å². The molecule has 0 radical (unpaired) electrons. The summed E-state index contributed by atoms with van der Waals surface area (Å²) < 4.78 is 43.3. The van der Waals surface area contributed by atoms with Gasteiger partial charge in [-0.3, -0.25) is 4.79 Å². The molecule has 0 N–H and O–H groups in total. The highest BCUT2D eigenvalue weighted by Gasteiger charge is 2.36. The molecule has 0 saturated carbocycles. The van der Waals surface area contributed by atoms with Crippen LogP contribution in [-0.2, 0) is 41.8 Å². The number of carbonyl (C=O) groups excluding carboxylic acids is 1. The molecule has 0 amide bonds. The van der Waals surface area contributed by atoms with E-state index in [1.165, 1.54) is 57.8 Å². The Morgan fingerprint density at radius 2 is 0.921 bits per heavy atom. The molecule has 10 heteroatoms. The van der Waals surface area contributed by atoms with Gasteiger partial charge in [-0.05, 0) is 19.3 Å². The third kappa shape index (κ3) is 24.4. The third-order valence-corrected chi connectivity index (χ3v) is 9.13. The predicted octanol–water partition coefficient (Wildman–Crippen LogP) is 5.57. The first-order valence-corrected chi connectivity index (χ1v) is 16.7. The Morgan fingerprint density at radius 1 is 0.500 bits per heavy atom. The summed E-state index contributed by atoms with van der Waals surface area (Å²) in [5.41, 5.74) is 0. The van der Waals surface area contributed by atoms with E-state index in [-0.39, 0.29) is 12.6 Å². The van der Waals surface area contributed by atoms with Crippen LogP contribution in [0, 0.1) is 0 Å². The van der Waals surface area contributed by atoms with Crippen LogP contribution in [-0.4, -0.2) is 95.6 Å². The molecule has 0 aliphatic carbocycles. The number of carbonyl (C=O) groups is 1. The molecule has 9 nitrogen and oxygen atoms in total. The maximum atomic E-state index is 11.8. The van der Waals surface area contributed by atoms with Crippen molar-refractivity contribution in [2.45, 2.75) is 96.4 Å². The Balaban J connectivity index is 3.24. The molecule has 0 heterocycles. The topological polar surface area (TPSA) is 90.9 Å². The molecule has 0 unspecified atom stereocenters. The predicted molar refractivity (Wildman–Crippen MR) is 152 cm³/mol. The summed E-state index contributed by atoms with van der Waals surface area (Å²) in [7, 11) is 2.20. The summed E-state index contributed by atoms with van der Waals surface area (Å²) in [6.45, 7) is 6.92. The average Bonchev–Trinajstić information content (AvgIpc) is 2.94. The Morgan fingerprint density at radius 3 is 1.39 bits per heavy atom. The van der Waals surface area contributed by atoms with Gasteiger partial charge in [0.25, 0.3) is 0 Å². The van der Waals surface area contributed by atoms with Crippen LogP contribution in [0.1, 0.15) is 90.4 Å². The molecule has 0 spiro atoms. The molecule has 0 saturated heterocycles. The van der Waals surface area contributed by atoms with Gasteiger partial charge in [-0.25, -0.2) is 0 Å². The molecule has 0 aliphatic heterocycles. The van der Waals surface area contributed by atoms with Crippen molar-refractivity contribution in [3.05, 3.63) is 0 Å². The van der Waals surface area contributed by atoms with E-state index in [1.54, 1.807) is 21.3 Å². The fourth-order valence-corrected chi connectivity index (χ4v) is 5.70. The minimum absolute atomic E-state index is 0.228. The zero-order chi connectivity index (χ0) is 28.0. The van der Waals surface area contributed by atoms with Gasteiger partial charge in [0, 0.05) is 40.4 Å². The summed E-state index contributed by atoms with van der Waals surface area (Å²) in [5.74, 6) is -0.228. The van der Waals surface area contributed by atoms with Crippen molar-refractivity contribution >= 4 is 14.8 Å². The van der Waals surface area contributed by atoms with Crippen LogP contribution in [0.25, 0.3) is 0 Å². The largest absolute Gasteiger partial charge is 0.500 e. The van der Waals surface area contributed by atoms with E-state index in [9.17, 15) is 4.79 Å². The minimum Gasteiger partial charge on any atom is -0.463 e. The van der Waals surface area contributed by atoms with Gasteiger partial charge in [-0.1, -0.05) is 64.7 Å². The Bertz CT molecular complexity index is 485. The molecule has 0 rings (SSSR count). The lowest BCUT2D eigenvalue weighted by molar-refractivity contribution is -0.145. The Kier molecular flexibility index (Phi) is 28.9. The SMILES string of the molecule is CCCCCCCCCCCCOCCOCCOCCOCCOC(=O)CCCC[Si](OC)(OC)OC. The van der Waals surface area contributed by atoms with E-state index in [0.29, 0.717) is 65.1 Å². The molecule has 228 valence electrons. The van der Waals surface area contributed by atoms with Crippen molar-refractivity contribution in [3.63, 3.8) is 0 Å². The van der Waals surface area contributed by atoms with Crippen LogP contribution >= 0.6 is 0 Å². The van der Waals surface area contributed by atoms with Crippen molar-refractivity contribution in [1.82, 2.24) is 0 Å². The van der Waals surface area contributed by atoms with E-state index < -0.39 is 8.80 Å². The van der Waals surface area contributed by atoms with Gasteiger partial charge in [-0.2, -0.15) is 0 Å². The first kappa shape index (κ1) is 37.4. The van der Waals surface area contributed by atoms with Crippen molar-refractivity contribution in [2.24, 2.45) is 0 Å². The summed E-state index contributed by atoms with van der Waals surface area (Å²) >= 11 is 0. The van der Waals surface area contributed by atoms with Gasteiger partial charge < -0.3 is 37.0 Å². The fraction of sp³-hybridized carbons (Fsp3) is 0.964. The van der Waals surface area contributed by atoms with E-state index in [1.807, 2.05) is 0 Å². The van der Waals surface area contributed by atoms with Crippen molar-refractivity contribution < 1.29 is 41.8 Å². The zero-order valence-electron chi connectivity index (χ0n) is 24.9. The number of ether oxygens (including phenoxy) is 5. The summed E-state index contributed by atoms with van der Waals surface area (Å²) in [5, 5.41) is 0. The van der Waals surface area contributed by atoms with Gasteiger partial charge in [0.15, 0.2) is 0 Å². The highest BCUT2D eigenvalue weighted by atomic mass is 28.4. The van der Waals surface area contributed by atoms with Crippen LogP contribution in [0.5, 0.6) is 0 Å². The molecule has 0 aliphatic rings. The van der Waals surface area contributed by atoms with Crippen LogP contribution in [0.4, 0.5) is 0 Å². The van der Waals surface area contributed by atoms with E-state index in [0.717, 1.165) is 19.4 Å². The van der Waals surface area contributed by atoms with Crippen molar-refractivity contribution in [2.75, 3.05) is 80.8 Å². The quantitative estimate of drug-likeness (QED) is 0.0607. The maximum Gasteiger partial charge on any atom is 0.500 e. The number of unbranched alkanes of at least 4 members (excludes halogenated alkanes) is 10. The number of hydrogen-bond donors (Lipinski definition) is 0. The molecule has 0 aromatic heterocycles. The molecule has 0 atom stereocenters. The highest BCUT2D eigenvalue weighted by molar-refractivity contribution is 6.60. The standard InChI is InChI=1S/C28H58O9Si/c1-5-6-7-8-9-10-11-12-13-15-18-33-19-20-34-21-22-35-23-24-36-25-26-37-28(29)17-14-16-27-38(30-2,31-3)32-4/h5-27H2,1-4H3. The number of rotatable bonds is 31. The molecular formula is C28H58O9Si. The summed E-state index contributed by atoms with van der Waals surface area (Å²) in [4.78, 5) is 11.8. The van der Waals surface area contributed by atoms with Crippen LogP contribution in [0.15, 0.2) is 0 Å². The second-order valence-electron chi connectivity index (χ2n) is 9.35. The van der Waals surface area contributed by atoms with E-state index in [4.69, 9.17) is 37.0 Å². The van der Waals surface area contributed by atoms with Gasteiger partial charge >= 0.3 is 14.8 Å². The maximum absolute atomic E-state index is 11.8. The molecule has 38 heavy (non-hydrogen) atoms. The number of esters is 1. The monoisotopic (exact) mass is 566 g/mol. The van der Waals surface area contributed by atoms with Crippen LogP contribution in [0.2, 0.25) is 6.04 Å². The second-order valence-corrected chi connectivity index (χ2v) is 12.4. The molecule has 0 bridgehead atoms. The van der Waals surface area contributed by atoms with Gasteiger partial charge in [0.05, 0.1) is 46.2 Å². The Hall–Kier alpha value is -0.593. The zero-order valence-corrected chi connectivity index (χ0v) is 25.9. The Labute approximate surface area is 233 Å². The lowest BCUT2D eigenvalue weighted by Gasteiger charge is -2.24. The molecule has 0 aromatic carbocycles. The molecular weight excluding hydrogens is 508 g/mol. The first-order chi connectivity index (χ1) is 18.6.